The van der Waals surface area contributed by atoms with Gasteiger partial charge in [-0.05, 0) is 58.3 Å². The van der Waals surface area contributed by atoms with Gasteiger partial charge in [0.05, 0.1) is 5.56 Å². The van der Waals surface area contributed by atoms with Crippen LogP contribution in [-0.2, 0) is 17.6 Å². The number of rotatable bonds is 7. The molecule has 0 spiro atoms. The molecule has 0 aliphatic rings. The average molecular weight is 396 g/mol. The Morgan fingerprint density at radius 2 is 1.30 bits per heavy atom. The highest BCUT2D eigenvalue weighted by molar-refractivity contribution is 5.98. The number of benzene rings is 4. The lowest BCUT2D eigenvalue weighted by Crippen LogP contribution is -2.11. The van der Waals surface area contributed by atoms with E-state index in [0.29, 0.717) is 11.3 Å². The number of carbonyl (C=O) groups excluding carboxylic acids is 1. The molecule has 0 atom stereocenters. The average Bonchev–Trinajstić information content (AvgIpc) is 2.75. The van der Waals surface area contributed by atoms with E-state index in [1.54, 1.807) is 12.1 Å². The zero-order valence-corrected chi connectivity index (χ0v) is 16.2. The zero-order valence-electron chi connectivity index (χ0n) is 16.2. The van der Waals surface area contributed by atoms with Gasteiger partial charge in [-0.25, -0.2) is 4.79 Å². The topological polar surface area (TPSA) is 63.6 Å². The third kappa shape index (κ3) is 4.55. The summed E-state index contributed by atoms with van der Waals surface area (Å²) in [5.41, 5.74) is 1.57. The van der Waals surface area contributed by atoms with E-state index >= 15 is 0 Å². The molecular formula is C26H20O4. The van der Waals surface area contributed by atoms with Crippen molar-refractivity contribution in [3.63, 3.8) is 0 Å². The minimum absolute atomic E-state index is 0.0375. The van der Waals surface area contributed by atoms with Crippen LogP contribution in [-0.4, -0.2) is 16.9 Å². The Hall–Kier alpha value is -3.92. The highest BCUT2D eigenvalue weighted by Gasteiger charge is 2.15. The number of Topliss-reactive ketones (excluding diaryl/α,β-unsaturated/α-hetero) is 1. The van der Waals surface area contributed by atoms with Crippen molar-refractivity contribution in [2.75, 3.05) is 0 Å². The fraction of sp³-hybridized carbons (Fsp3) is 0.0769. The van der Waals surface area contributed by atoms with Crippen molar-refractivity contribution < 1.29 is 19.4 Å². The third-order valence-corrected chi connectivity index (χ3v) is 4.89. The van der Waals surface area contributed by atoms with Crippen molar-refractivity contribution >= 4 is 22.5 Å². The number of hydrogen-bond donors (Lipinski definition) is 1. The molecule has 1 N–H and O–H groups in total. The van der Waals surface area contributed by atoms with Crippen LogP contribution in [0.25, 0.3) is 10.8 Å². The minimum Gasteiger partial charge on any atom is -0.478 e. The second kappa shape index (κ2) is 8.62. The molecule has 4 aromatic rings. The van der Waals surface area contributed by atoms with Gasteiger partial charge in [-0.15, -0.1) is 0 Å². The molecule has 0 aromatic heterocycles. The van der Waals surface area contributed by atoms with E-state index in [9.17, 15) is 14.7 Å². The van der Waals surface area contributed by atoms with E-state index in [2.05, 4.69) is 0 Å². The molecule has 0 amide bonds. The molecule has 148 valence electrons. The summed E-state index contributed by atoms with van der Waals surface area (Å²) in [5, 5.41) is 11.3. The molecule has 0 aliphatic heterocycles. The summed E-state index contributed by atoms with van der Waals surface area (Å²) in [5.74, 6) is 0.384. The van der Waals surface area contributed by atoms with E-state index in [1.807, 2.05) is 78.9 Å². The van der Waals surface area contributed by atoms with Crippen molar-refractivity contribution in [1.29, 1.82) is 0 Å². The first-order valence-corrected chi connectivity index (χ1v) is 9.67. The SMILES string of the molecule is O=C(Cc1ccc(Oc2ccccc2)cc1)Cc1cc2ccccc2cc1C(=O)O. The van der Waals surface area contributed by atoms with Crippen molar-refractivity contribution in [2.24, 2.45) is 0 Å². The molecule has 0 radical (unpaired) electrons. The van der Waals surface area contributed by atoms with Crippen LogP contribution in [0.3, 0.4) is 0 Å². The van der Waals surface area contributed by atoms with Crippen LogP contribution >= 0.6 is 0 Å². The van der Waals surface area contributed by atoms with E-state index in [-0.39, 0.29) is 24.2 Å². The van der Waals surface area contributed by atoms with Gasteiger partial charge in [0.25, 0.3) is 0 Å². The lowest BCUT2D eigenvalue weighted by molar-refractivity contribution is -0.117. The second-order valence-corrected chi connectivity index (χ2v) is 7.11. The molecule has 0 saturated heterocycles. The maximum Gasteiger partial charge on any atom is 0.335 e. The maximum atomic E-state index is 12.6. The summed E-state index contributed by atoms with van der Waals surface area (Å²) < 4.78 is 5.77. The number of carbonyl (C=O) groups is 2. The lowest BCUT2D eigenvalue weighted by Gasteiger charge is -2.09. The summed E-state index contributed by atoms with van der Waals surface area (Å²) in [4.78, 5) is 24.3. The number of carboxylic acids is 1. The van der Waals surface area contributed by atoms with Gasteiger partial charge in [-0.2, -0.15) is 0 Å². The number of carboxylic acid groups (broad SMARTS) is 1. The van der Waals surface area contributed by atoms with Crippen LogP contribution in [0, 0.1) is 0 Å². The summed E-state index contributed by atoms with van der Waals surface area (Å²) in [6, 6.07) is 27.8. The van der Waals surface area contributed by atoms with E-state index in [0.717, 1.165) is 22.1 Å². The van der Waals surface area contributed by atoms with Crippen LogP contribution in [0.4, 0.5) is 0 Å². The van der Waals surface area contributed by atoms with Gasteiger partial charge in [0.15, 0.2) is 0 Å². The third-order valence-electron chi connectivity index (χ3n) is 4.89. The number of ketones is 1. The number of aromatic carboxylic acids is 1. The van der Waals surface area contributed by atoms with E-state index in [1.165, 1.54) is 0 Å². The molecule has 30 heavy (non-hydrogen) atoms. The summed E-state index contributed by atoms with van der Waals surface area (Å²) in [6.45, 7) is 0. The van der Waals surface area contributed by atoms with E-state index < -0.39 is 5.97 Å². The van der Waals surface area contributed by atoms with Crippen molar-refractivity contribution in [3.05, 3.63) is 108 Å². The number of para-hydroxylation sites is 1. The molecule has 0 heterocycles. The fourth-order valence-corrected chi connectivity index (χ4v) is 3.44. The number of ether oxygens (including phenoxy) is 1. The fourth-order valence-electron chi connectivity index (χ4n) is 3.44. The predicted octanol–water partition coefficient (Wildman–Crippen LogP) is 5.68. The Labute approximate surface area is 174 Å². The first kappa shape index (κ1) is 19.4. The Balaban J connectivity index is 1.47. The number of fused-ring (bicyclic) bond motifs is 1. The molecule has 0 bridgehead atoms. The Morgan fingerprint density at radius 1 is 0.700 bits per heavy atom. The molecule has 0 aliphatic carbocycles. The van der Waals surface area contributed by atoms with Gasteiger partial charge >= 0.3 is 5.97 Å². The van der Waals surface area contributed by atoms with Crippen LogP contribution in [0.5, 0.6) is 11.5 Å². The first-order valence-electron chi connectivity index (χ1n) is 9.67. The molecule has 4 aromatic carbocycles. The Kier molecular flexibility index (Phi) is 5.57. The van der Waals surface area contributed by atoms with E-state index in [4.69, 9.17) is 4.74 Å². The van der Waals surface area contributed by atoms with Crippen LogP contribution in [0.2, 0.25) is 0 Å². The van der Waals surface area contributed by atoms with Gasteiger partial charge in [0, 0.05) is 12.8 Å². The summed E-state index contributed by atoms with van der Waals surface area (Å²) in [7, 11) is 0. The van der Waals surface area contributed by atoms with Crippen LogP contribution < -0.4 is 4.74 Å². The van der Waals surface area contributed by atoms with Crippen molar-refractivity contribution in [2.45, 2.75) is 12.8 Å². The van der Waals surface area contributed by atoms with Crippen molar-refractivity contribution in [1.82, 2.24) is 0 Å². The summed E-state index contributed by atoms with van der Waals surface area (Å²) in [6.07, 6.45) is 0.312. The van der Waals surface area contributed by atoms with Gasteiger partial charge in [0.1, 0.15) is 17.3 Å². The van der Waals surface area contributed by atoms with Crippen LogP contribution in [0.15, 0.2) is 91.0 Å². The van der Waals surface area contributed by atoms with Gasteiger partial charge in [0.2, 0.25) is 0 Å². The highest BCUT2D eigenvalue weighted by atomic mass is 16.5. The molecule has 0 saturated carbocycles. The Bertz CT molecular complexity index is 1190. The lowest BCUT2D eigenvalue weighted by atomic mass is 9.95. The second-order valence-electron chi connectivity index (χ2n) is 7.11. The molecule has 4 rings (SSSR count). The minimum atomic E-state index is -1.02. The first-order chi connectivity index (χ1) is 14.6. The summed E-state index contributed by atoms with van der Waals surface area (Å²) >= 11 is 0. The quantitative estimate of drug-likeness (QED) is 0.436. The number of hydrogen-bond acceptors (Lipinski definition) is 3. The maximum absolute atomic E-state index is 12.6. The van der Waals surface area contributed by atoms with Gasteiger partial charge < -0.3 is 9.84 Å². The van der Waals surface area contributed by atoms with Gasteiger partial charge in [-0.3, -0.25) is 4.79 Å². The van der Waals surface area contributed by atoms with Crippen molar-refractivity contribution in [3.8, 4) is 11.5 Å². The smallest absolute Gasteiger partial charge is 0.335 e. The Morgan fingerprint density at radius 3 is 1.97 bits per heavy atom. The largest absolute Gasteiger partial charge is 0.478 e. The molecule has 4 heteroatoms. The molecular weight excluding hydrogens is 376 g/mol. The predicted molar refractivity (Wildman–Crippen MR) is 116 cm³/mol. The standard InChI is InChI=1S/C26H20O4/c27-22(14-18-10-12-24(13-11-18)30-23-8-2-1-3-9-23)16-21-15-19-6-4-5-7-20(19)17-25(21)26(28)29/h1-13,15,17H,14,16H2,(H,28,29). The monoisotopic (exact) mass is 396 g/mol. The normalized spacial score (nSPS) is 10.7. The molecule has 0 unspecified atom stereocenters. The molecule has 4 nitrogen and oxygen atoms in total. The van der Waals surface area contributed by atoms with Crippen LogP contribution in [0.1, 0.15) is 21.5 Å². The highest BCUT2D eigenvalue weighted by Crippen LogP contribution is 2.23. The molecule has 0 fully saturated rings. The zero-order chi connectivity index (χ0) is 20.9. The van der Waals surface area contributed by atoms with Gasteiger partial charge in [-0.1, -0.05) is 54.6 Å².